The van der Waals surface area contributed by atoms with Gasteiger partial charge in [0.25, 0.3) is 0 Å². The molecule has 220 valence electrons. The third-order valence-electron chi connectivity index (χ3n) is 7.97. The Bertz CT molecular complexity index is 1330. The number of nitrogens with one attached hydrogen (secondary N) is 1. The first kappa shape index (κ1) is 28.8. The van der Waals surface area contributed by atoms with Crippen molar-refractivity contribution in [2.24, 2.45) is 0 Å². The first-order chi connectivity index (χ1) is 19.9. The van der Waals surface area contributed by atoms with Gasteiger partial charge in [0.05, 0.1) is 37.9 Å². The summed E-state index contributed by atoms with van der Waals surface area (Å²) in [6.45, 7) is 7.60. The van der Waals surface area contributed by atoms with Crippen molar-refractivity contribution in [3.63, 3.8) is 0 Å². The first-order valence-corrected chi connectivity index (χ1v) is 13.9. The summed E-state index contributed by atoms with van der Waals surface area (Å²) in [5.74, 6) is -0.0732. The number of anilines is 3. The van der Waals surface area contributed by atoms with E-state index in [0.717, 1.165) is 43.3 Å². The minimum atomic E-state index is -0.786. The van der Waals surface area contributed by atoms with Crippen molar-refractivity contribution >= 4 is 17.3 Å². The maximum atomic E-state index is 14.5. The molecule has 2 saturated heterocycles. The molecule has 2 fully saturated rings. The summed E-state index contributed by atoms with van der Waals surface area (Å²) in [5, 5.41) is 3.18. The molecule has 1 aromatic heterocycles. The van der Waals surface area contributed by atoms with Crippen molar-refractivity contribution in [2.45, 2.75) is 32.4 Å². The molecule has 0 saturated carbocycles. The van der Waals surface area contributed by atoms with Gasteiger partial charge in [-0.2, -0.15) is 0 Å². The van der Waals surface area contributed by atoms with Crippen LogP contribution in [0.25, 0.3) is 0 Å². The molecule has 11 heteroatoms. The molecular formula is C30H38F2N6O3. The van der Waals surface area contributed by atoms with Gasteiger partial charge in [-0.25, -0.2) is 18.7 Å². The predicted octanol–water partition coefficient (Wildman–Crippen LogP) is 4.62. The summed E-state index contributed by atoms with van der Waals surface area (Å²) in [6.07, 6.45) is 5.39. The van der Waals surface area contributed by atoms with Crippen LogP contribution in [-0.4, -0.2) is 86.3 Å². The highest BCUT2D eigenvalue weighted by Crippen LogP contribution is 2.33. The molecule has 3 aromatic rings. The number of nitrogens with zero attached hydrogens (tertiary/aromatic N) is 5. The third kappa shape index (κ3) is 6.62. The summed E-state index contributed by atoms with van der Waals surface area (Å²) < 4.78 is 45.3. The fourth-order valence-electron chi connectivity index (χ4n) is 5.53. The van der Waals surface area contributed by atoms with Gasteiger partial charge in [0.2, 0.25) is 5.95 Å². The Hall–Kier alpha value is -3.70. The average molecular weight is 569 g/mol. The quantitative estimate of drug-likeness (QED) is 0.398. The lowest BCUT2D eigenvalue weighted by atomic mass is 10.0. The highest BCUT2D eigenvalue weighted by atomic mass is 19.1. The molecular weight excluding hydrogens is 530 g/mol. The van der Waals surface area contributed by atoms with Crippen LogP contribution < -0.4 is 24.4 Å². The van der Waals surface area contributed by atoms with Crippen LogP contribution in [0.2, 0.25) is 0 Å². The van der Waals surface area contributed by atoms with Crippen LogP contribution in [0.1, 0.15) is 24.0 Å². The Morgan fingerprint density at radius 2 is 1.59 bits per heavy atom. The van der Waals surface area contributed by atoms with Crippen LogP contribution in [0, 0.1) is 18.6 Å². The van der Waals surface area contributed by atoms with Crippen LogP contribution in [-0.2, 0) is 6.61 Å². The van der Waals surface area contributed by atoms with E-state index in [9.17, 15) is 8.78 Å². The predicted molar refractivity (Wildman–Crippen MR) is 155 cm³/mol. The van der Waals surface area contributed by atoms with Gasteiger partial charge in [0.15, 0.2) is 17.3 Å². The van der Waals surface area contributed by atoms with Crippen molar-refractivity contribution in [1.29, 1.82) is 0 Å². The zero-order valence-electron chi connectivity index (χ0n) is 24.1. The molecule has 2 aliphatic rings. The molecule has 1 N–H and O–H groups in total. The van der Waals surface area contributed by atoms with Crippen molar-refractivity contribution in [2.75, 3.05) is 70.8 Å². The minimum absolute atomic E-state index is 0.0327. The lowest BCUT2D eigenvalue weighted by Crippen LogP contribution is -2.53. The van der Waals surface area contributed by atoms with Crippen LogP contribution in [0.3, 0.4) is 0 Å². The Kier molecular flexibility index (Phi) is 9.04. The third-order valence-corrected chi connectivity index (χ3v) is 7.97. The van der Waals surface area contributed by atoms with Gasteiger partial charge < -0.3 is 29.3 Å². The number of benzene rings is 2. The zero-order chi connectivity index (χ0) is 28.9. The van der Waals surface area contributed by atoms with E-state index < -0.39 is 11.6 Å². The van der Waals surface area contributed by atoms with Crippen molar-refractivity contribution in [3.8, 4) is 17.2 Å². The molecule has 0 spiro atoms. The fraction of sp³-hybridized carbons (Fsp3) is 0.467. The second-order valence-electron chi connectivity index (χ2n) is 10.6. The number of piperidine rings is 1. The number of rotatable bonds is 9. The number of hydrogen-bond acceptors (Lipinski definition) is 9. The van der Waals surface area contributed by atoms with Crippen molar-refractivity contribution < 1.29 is 23.0 Å². The average Bonchev–Trinajstić information content (AvgIpc) is 3.00. The SMILES string of the molecule is COc1cc(Nc2ncc(OCc3c(F)c(C)cc(OC)c3F)cn2)ccc1N1CCN(C2CCN(C)CC2)CC1. The summed E-state index contributed by atoms with van der Waals surface area (Å²) >= 11 is 0. The van der Waals surface area contributed by atoms with E-state index in [-0.39, 0.29) is 29.2 Å². The smallest absolute Gasteiger partial charge is 0.227 e. The molecule has 3 heterocycles. The van der Waals surface area contributed by atoms with Gasteiger partial charge in [-0.05, 0) is 63.7 Å². The van der Waals surface area contributed by atoms with Crippen LogP contribution >= 0.6 is 0 Å². The molecule has 2 aliphatic heterocycles. The number of ether oxygens (including phenoxy) is 3. The second-order valence-corrected chi connectivity index (χ2v) is 10.6. The van der Waals surface area contributed by atoms with Crippen molar-refractivity contribution in [1.82, 2.24) is 19.8 Å². The highest BCUT2D eigenvalue weighted by molar-refractivity contribution is 5.67. The summed E-state index contributed by atoms with van der Waals surface area (Å²) in [4.78, 5) is 16.0. The number of methoxy groups -OCH3 is 2. The standard InChI is InChI=1S/C30H38F2N6O3/c1-20-15-27(40-4)29(32)24(28(20)31)19-41-23-17-33-30(34-18-23)35-21-5-6-25(26(16-21)39-3)38-13-11-37(12-14-38)22-7-9-36(2)10-8-22/h5-6,15-18,22H,7-14,19H2,1-4H3,(H,33,34,35). The lowest BCUT2D eigenvalue weighted by molar-refractivity contribution is 0.115. The minimum Gasteiger partial charge on any atom is -0.495 e. The Morgan fingerprint density at radius 3 is 2.24 bits per heavy atom. The molecule has 0 aliphatic carbocycles. The molecule has 5 rings (SSSR count). The van der Waals surface area contributed by atoms with E-state index in [0.29, 0.717) is 12.0 Å². The molecule has 0 amide bonds. The van der Waals surface area contributed by atoms with E-state index in [2.05, 4.69) is 43.1 Å². The number of halogens is 2. The van der Waals surface area contributed by atoms with Gasteiger partial charge >= 0.3 is 0 Å². The number of aromatic nitrogens is 2. The molecule has 2 aromatic carbocycles. The molecule has 0 bridgehead atoms. The molecule has 41 heavy (non-hydrogen) atoms. The molecule has 0 radical (unpaired) electrons. The van der Waals surface area contributed by atoms with Gasteiger partial charge in [0.1, 0.15) is 18.2 Å². The maximum absolute atomic E-state index is 14.5. The van der Waals surface area contributed by atoms with Crippen LogP contribution in [0.15, 0.2) is 36.7 Å². The molecule has 0 atom stereocenters. The maximum Gasteiger partial charge on any atom is 0.227 e. The number of hydrogen-bond donors (Lipinski definition) is 1. The largest absolute Gasteiger partial charge is 0.495 e. The summed E-state index contributed by atoms with van der Waals surface area (Å²) in [6, 6.07) is 7.97. The summed E-state index contributed by atoms with van der Waals surface area (Å²) in [7, 11) is 5.21. The van der Waals surface area contributed by atoms with E-state index in [1.165, 1.54) is 51.5 Å². The number of likely N-dealkylation sites (tertiary alicyclic amines) is 1. The van der Waals surface area contributed by atoms with Gasteiger partial charge in [-0.1, -0.05) is 0 Å². The van der Waals surface area contributed by atoms with E-state index >= 15 is 0 Å². The van der Waals surface area contributed by atoms with Gasteiger partial charge in [-0.3, -0.25) is 4.90 Å². The molecule has 9 nitrogen and oxygen atoms in total. The Labute approximate surface area is 240 Å². The van der Waals surface area contributed by atoms with Crippen LogP contribution in [0.5, 0.6) is 17.2 Å². The zero-order valence-corrected chi connectivity index (χ0v) is 24.1. The van der Waals surface area contributed by atoms with Gasteiger partial charge in [-0.15, -0.1) is 0 Å². The Balaban J connectivity index is 1.18. The monoisotopic (exact) mass is 568 g/mol. The van der Waals surface area contributed by atoms with E-state index in [4.69, 9.17) is 14.2 Å². The number of piperazine rings is 1. The molecule has 0 unspecified atom stereocenters. The van der Waals surface area contributed by atoms with Crippen molar-refractivity contribution in [3.05, 3.63) is 59.4 Å². The number of aryl methyl sites for hydroxylation is 1. The Morgan fingerprint density at radius 1 is 0.902 bits per heavy atom. The van der Waals surface area contributed by atoms with Gasteiger partial charge in [0, 0.05) is 44.0 Å². The normalized spacial score (nSPS) is 17.0. The highest BCUT2D eigenvalue weighted by Gasteiger charge is 2.27. The fourth-order valence-corrected chi connectivity index (χ4v) is 5.53. The second kappa shape index (κ2) is 12.9. The summed E-state index contributed by atoms with van der Waals surface area (Å²) in [5.41, 5.74) is 1.91. The van der Waals surface area contributed by atoms with Crippen LogP contribution in [0.4, 0.5) is 26.1 Å². The van der Waals surface area contributed by atoms with E-state index in [1.54, 1.807) is 14.0 Å². The lowest BCUT2D eigenvalue weighted by Gasteiger charge is -2.43. The van der Waals surface area contributed by atoms with E-state index in [1.807, 2.05) is 12.1 Å². The first-order valence-electron chi connectivity index (χ1n) is 13.9. The topological polar surface area (TPSA) is 75.2 Å².